The van der Waals surface area contributed by atoms with Crippen LogP contribution in [0.1, 0.15) is 30.5 Å². The van der Waals surface area contributed by atoms with Crippen LogP contribution in [0.2, 0.25) is 5.02 Å². The van der Waals surface area contributed by atoms with Crippen LogP contribution < -0.4 is 9.64 Å². The Bertz CT molecular complexity index is 1150. The molecule has 1 aliphatic rings. The van der Waals surface area contributed by atoms with Gasteiger partial charge in [-0.1, -0.05) is 48.9 Å². The molecule has 3 aromatic carbocycles. The molecule has 3 aromatic rings. The van der Waals surface area contributed by atoms with E-state index in [-0.39, 0.29) is 11.3 Å². The van der Waals surface area contributed by atoms with Crippen molar-refractivity contribution in [1.29, 1.82) is 0 Å². The fourth-order valence-corrected chi connectivity index (χ4v) is 3.86. The van der Waals surface area contributed by atoms with E-state index in [0.717, 1.165) is 6.42 Å². The molecule has 4 rings (SSSR count). The fourth-order valence-electron chi connectivity index (χ4n) is 3.73. The largest absolute Gasteiger partial charge is 0.507 e. The Morgan fingerprint density at radius 2 is 1.62 bits per heavy atom. The first-order valence-corrected chi connectivity index (χ1v) is 10.7. The molecular weight excluding hydrogens is 426 g/mol. The second-order valence-electron chi connectivity index (χ2n) is 7.43. The van der Waals surface area contributed by atoms with E-state index in [2.05, 4.69) is 0 Å². The SMILES string of the molecule is CCCOc1ccc(/C(O)=C2/C(=O)C(=O)N(c3ccccc3)C2c2ccc(Cl)cc2)cc1. The number of carbonyl (C=O) groups is 2. The van der Waals surface area contributed by atoms with Crippen molar-refractivity contribution in [3.63, 3.8) is 0 Å². The topological polar surface area (TPSA) is 66.8 Å². The first-order valence-electron chi connectivity index (χ1n) is 10.4. The number of ketones is 1. The number of nitrogens with zero attached hydrogens (tertiary/aromatic N) is 1. The number of halogens is 1. The highest BCUT2D eigenvalue weighted by Crippen LogP contribution is 2.42. The van der Waals surface area contributed by atoms with Gasteiger partial charge in [0.25, 0.3) is 11.7 Å². The van der Waals surface area contributed by atoms with Gasteiger partial charge in [0.15, 0.2) is 0 Å². The molecule has 1 saturated heterocycles. The van der Waals surface area contributed by atoms with Crippen LogP contribution in [0.4, 0.5) is 5.69 Å². The summed E-state index contributed by atoms with van der Waals surface area (Å²) < 4.78 is 5.59. The lowest BCUT2D eigenvalue weighted by atomic mass is 9.95. The first-order chi connectivity index (χ1) is 15.5. The molecule has 1 amide bonds. The zero-order valence-electron chi connectivity index (χ0n) is 17.5. The maximum atomic E-state index is 13.1. The first kappa shape index (κ1) is 21.7. The van der Waals surface area contributed by atoms with Gasteiger partial charge in [0.2, 0.25) is 0 Å². The van der Waals surface area contributed by atoms with E-state index in [0.29, 0.717) is 34.2 Å². The highest BCUT2D eigenvalue weighted by molar-refractivity contribution is 6.51. The predicted octanol–water partition coefficient (Wildman–Crippen LogP) is 5.76. The molecule has 0 saturated carbocycles. The zero-order chi connectivity index (χ0) is 22.7. The molecule has 1 aliphatic heterocycles. The molecule has 0 spiro atoms. The molecule has 1 unspecified atom stereocenters. The Kier molecular flexibility index (Phi) is 6.28. The predicted molar refractivity (Wildman–Crippen MR) is 125 cm³/mol. The quantitative estimate of drug-likeness (QED) is 0.296. The molecule has 1 N–H and O–H groups in total. The molecule has 0 aromatic heterocycles. The van der Waals surface area contributed by atoms with Crippen LogP contribution in [-0.4, -0.2) is 23.4 Å². The number of ether oxygens (including phenoxy) is 1. The van der Waals surface area contributed by atoms with E-state index in [1.807, 2.05) is 13.0 Å². The van der Waals surface area contributed by atoms with Gasteiger partial charge in [0.05, 0.1) is 18.2 Å². The van der Waals surface area contributed by atoms with Gasteiger partial charge in [0.1, 0.15) is 11.5 Å². The lowest BCUT2D eigenvalue weighted by Gasteiger charge is -2.25. The van der Waals surface area contributed by atoms with E-state index in [9.17, 15) is 14.7 Å². The van der Waals surface area contributed by atoms with Crippen molar-refractivity contribution in [2.75, 3.05) is 11.5 Å². The maximum absolute atomic E-state index is 13.1. The molecule has 0 aliphatic carbocycles. The number of rotatable bonds is 6. The van der Waals surface area contributed by atoms with Crippen molar-refractivity contribution in [3.05, 3.63) is 101 Å². The van der Waals surface area contributed by atoms with E-state index in [1.165, 1.54) is 4.90 Å². The molecule has 6 heteroatoms. The summed E-state index contributed by atoms with van der Waals surface area (Å²) in [6.07, 6.45) is 0.881. The average Bonchev–Trinajstić information content (AvgIpc) is 3.09. The molecular formula is C26H22ClNO4. The van der Waals surface area contributed by atoms with Crippen LogP contribution in [0.3, 0.4) is 0 Å². The number of Topliss-reactive ketones (excluding diaryl/α,β-unsaturated/α-hetero) is 1. The third-order valence-electron chi connectivity index (χ3n) is 5.27. The molecule has 32 heavy (non-hydrogen) atoms. The summed E-state index contributed by atoms with van der Waals surface area (Å²) in [4.78, 5) is 27.6. The van der Waals surface area contributed by atoms with Crippen molar-refractivity contribution < 1.29 is 19.4 Å². The molecule has 0 bridgehead atoms. The lowest BCUT2D eigenvalue weighted by molar-refractivity contribution is -0.132. The summed E-state index contributed by atoms with van der Waals surface area (Å²) in [5.41, 5.74) is 1.70. The number of benzene rings is 3. The Balaban J connectivity index is 1.83. The monoisotopic (exact) mass is 447 g/mol. The maximum Gasteiger partial charge on any atom is 0.300 e. The van der Waals surface area contributed by atoms with Gasteiger partial charge in [-0.25, -0.2) is 0 Å². The van der Waals surface area contributed by atoms with Crippen LogP contribution in [-0.2, 0) is 9.59 Å². The molecule has 1 fully saturated rings. The number of carbonyl (C=O) groups excluding carboxylic acids is 2. The molecule has 1 atom stereocenters. The summed E-state index contributed by atoms with van der Waals surface area (Å²) in [6, 6.07) is 21.9. The number of aliphatic hydroxyl groups is 1. The number of amides is 1. The van der Waals surface area contributed by atoms with Gasteiger partial charge in [0, 0.05) is 16.3 Å². The summed E-state index contributed by atoms with van der Waals surface area (Å²) in [5.74, 6) is -0.996. The average molecular weight is 448 g/mol. The second kappa shape index (κ2) is 9.28. The summed E-state index contributed by atoms with van der Waals surface area (Å²) in [7, 11) is 0. The van der Waals surface area contributed by atoms with E-state index in [4.69, 9.17) is 16.3 Å². The van der Waals surface area contributed by atoms with Crippen LogP contribution in [0.15, 0.2) is 84.4 Å². The highest BCUT2D eigenvalue weighted by atomic mass is 35.5. The number of hydrogen-bond acceptors (Lipinski definition) is 4. The Labute approximate surface area is 191 Å². The number of hydrogen-bond donors (Lipinski definition) is 1. The summed E-state index contributed by atoms with van der Waals surface area (Å²) in [6.45, 7) is 2.60. The van der Waals surface area contributed by atoms with Gasteiger partial charge in [-0.3, -0.25) is 14.5 Å². The van der Waals surface area contributed by atoms with Crippen molar-refractivity contribution >= 4 is 34.7 Å². The lowest BCUT2D eigenvalue weighted by Crippen LogP contribution is -2.29. The van der Waals surface area contributed by atoms with Gasteiger partial charge in [-0.2, -0.15) is 0 Å². The Morgan fingerprint density at radius 1 is 0.969 bits per heavy atom. The van der Waals surface area contributed by atoms with Crippen LogP contribution >= 0.6 is 11.6 Å². The van der Waals surface area contributed by atoms with Gasteiger partial charge >= 0.3 is 0 Å². The minimum Gasteiger partial charge on any atom is -0.507 e. The van der Waals surface area contributed by atoms with E-state index >= 15 is 0 Å². The minimum absolute atomic E-state index is 0.0309. The van der Waals surface area contributed by atoms with Crippen LogP contribution in [0.5, 0.6) is 5.75 Å². The standard InChI is InChI=1S/C26H22ClNO4/c1-2-16-32-21-14-10-18(11-15-21)24(29)22-23(17-8-12-19(27)13-9-17)28(26(31)25(22)30)20-6-4-3-5-7-20/h3-15,23,29H,2,16H2,1H3/b24-22-. The third-order valence-corrected chi connectivity index (χ3v) is 5.52. The smallest absolute Gasteiger partial charge is 0.300 e. The van der Waals surface area contributed by atoms with Gasteiger partial charge in [-0.05, 0) is 60.5 Å². The molecule has 1 heterocycles. The van der Waals surface area contributed by atoms with Crippen molar-refractivity contribution in [3.8, 4) is 5.75 Å². The minimum atomic E-state index is -0.786. The van der Waals surface area contributed by atoms with Crippen LogP contribution in [0, 0.1) is 0 Å². The van der Waals surface area contributed by atoms with Gasteiger partial charge in [-0.15, -0.1) is 0 Å². The molecule has 0 radical (unpaired) electrons. The number of aliphatic hydroxyl groups excluding tert-OH is 1. The van der Waals surface area contributed by atoms with Crippen LogP contribution in [0.25, 0.3) is 5.76 Å². The number of para-hydroxylation sites is 1. The van der Waals surface area contributed by atoms with Crippen molar-refractivity contribution in [1.82, 2.24) is 0 Å². The normalized spacial score (nSPS) is 17.6. The molecule has 162 valence electrons. The third kappa shape index (κ3) is 4.12. The highest BCUT2D eigenvalue weighted by Gasteiger charge is 2.46. The zero-order valence-corrected chi connectivity index (χ0v) is 18.3. The Morgan fingerprint density at radius 3 is 2.25 bits per heavy atom. The summed E-state index contributed by atoms with van der Waals surface area (Å²) in [5, 5.41) is 11.7. The van der Waals surface area contributed by atoms with Gasteiger partial charge < -0.3 is 9.84 Å². The van der Waals surface area contributed by atoms with Crippen molar-refractivity contribution in [2.24, 2.45) is 0 Å². The Hall–Kier alpha value is -3.57. The number of anilines is 1. The van der Waals surface area contributed by atoms with Crippen molar-refractivity contribution in [2.45, 2.75) is 19.4 Å². The fraction of sp³-hybridized carbons (Fsp3) is 0.154. The second-order valence-corrected chi connectivity index (χ2v) is 7.87. The van der Waals surface area contributed by atoms with E-state index < -0.39 is 17.7 Å². The molecule has 5 nitrogen and oxygen atoms in total. The summed E-state index contributed by atoms with van der Waals surface area (Å²) >= 11 is 6.05. The van der Waals surface area contributed by atoms with E-state index in [1.54, 1.807) is 72.8 Å².